The van der Waals surface area contributed by atoms with Gasteiger partial charge in [-0.2, -0.15) is 0 Å². The van der Waals surface area contributed by atoms with E-state index in [0.717, 1.165) is 5.56 Å². The number of ether oxygens (including phenoxy) is 1. The van der Waals surface area contributed by atoms with Gasteiger partial charge < -0.3 is 4.74 Å². The summed E-state index contributed by atoms with van der Waals surface area (Å²) in [4.78, 5) is 0. The van der Waals surface area contributed by atoms with Gasteiger partial charge in [0.05, 0.1) is 5.88 Å². The molecule has 1 nitrogen and oxygen atoms in total. The molecule has 0 spiro atoms. The summed E-state index contributed by atoms with van der Waals surface area (Å²) in [5.41, 5.74) is 0.782. The lowest BCUT2D eigenvalue weighted by molar-refractivity contribution is -0.0110. The van der Waals surface area contributed by atoms with E-state index in [-0.39, 0.29) is 5.60 Å². The van der Waals surface area contributed by atoms with Crippen LogP contribution in [0.15, 0.2) is 30.3 Å². The molecule has 0 heterocycles. The van der Waals surface area contributed by atoms with Crippen LogP contribution in [-0.4, -0.2) is 12.5 Å². The van der Waals surface area contributed by atoms with Crippen LogP contribution >= 0.6 is 11.6 Å². The van der Waals surface area contributed by atoms with Gasteiger partial charge in [-0.1, -0.05) is 30.3 Å². The van der Waals surface area contributed by atoms with Crippen molar-refractivity contribution in [3.05, 3.63) is 35.9 Å². The normalized spacial score (nSPS) is 15.3. The van der Waals surface area contributed by atoms with Crippen molar-refractivity contribution in [1.82, 2.24) is 0 Å². The molecule has 1 rings (SSSR count). The topological polar surface area (TPSA) is 9.23 Å². The minimum atomic E-state index is -0.350. The Labute approximate surface area is 84.7 Å². The molecule has 72 valence electrons. The third-order valence-corrected chi connectivity index (χ3v) is 2.61. The number of benzene rings is 1. The highest BCUT2D eigenvalue weighted by Crippen LogP contribution is 2.26. The molecule has 0 amide bonds. The molecule has 0 radical (unpaired) electrons. The van der Waals surface area contributed by atoms with Gasteiger partial charge in [0.15, 0.2) is 0 Å². The molecule has 0 aliphatic carbocycles. The molecule has 0 bridgehead atoms. The Bertz CT molecular complexity index is 248. The summed E-state index contributed by atoms with van der Waals surface area (Å²) >= 11 is 5.90. The first kappa shape index (κ1) is 10.6. The van der Waals surface area contributed by atoms with Gasteiger partial charge in [0.25, 0.3) is 0 Å². The van der Waals surface area contributed by atoms with Crippen LogP contribution in [0.2, 0.25) is 0 Å². The molecule has 0 aliphatic heterocycles. The molecule has 1 aromatic carbocycles. The molecule has 1 atom stereocenters. The standard InChI is InChI=1S/C11H15ClO/c1-3-13-11(2,9-12)10-7-5-4-6-8-10/h4-8H,3,9H2,1-2H3. The molecule has 0 saturated heterocycles. The summed E-state index contributed by atoms with van der Waals surface area (Å²) in [5.74, 6) is 0.477. The van der Waals surface area contributed by atoms with Crippen LogP contribution < -0.4 is 0 Å². The Hall–Kier alpha value is -0.530. The van der Waals surface area contributed by atoms with Crippen LogP contribution in [0.1, 0.15) is 19.4 Å². The number of alkyl halides is 1. The molecular weight excluding hydrogens is 184 g/mol. The Balaban J connectivity index is 2.89. The summed E-state index contributed by atoms with van der Waals surface area (Å²) in [6, 6.07) is 10.1. The summed E-state index contributed by atoms with van der Waals surface area (Å²) in [7, 11) is 0. The summed E-state index contributed by atoms with van der Waals surface area (Å²) in [6.45, 7) is 4.67. The van der Waals surface area contributed by atoms with E-state index in [1.807, 2.05) is 44.2 Å². The monoisotopic (exact) mass is 198 g/mol. The van der Waals surface area contributed by atoms with E-state index < -0.39 is 0 Å². The second-order valence-corrected chi connectivity index (χ2v) is 3.43. The van der Waals surface area contributed by atoms with Crippen LogP contribution in [0, 0.1) is 0 Å². The number of hydrogen-bond acceptors (Lipinski definition) is 1. The van der Waals surface area contributed by atoms with E-state index in [9.17, 15) is 0 Å². The molecule has 13 heavy (non-hydrogen) atoms. The largest absolute Gasteiger partial charge is 0.370 e. The van der Waals surface area contributed by atoms with Crippen molar-refractivity contribution in [2.45, 2.75) is 19.4 Å². The smallest absolute Gasteiger partial charge is 0.104 e. The van der Waals surface area contributed by atoms with Crippen molar-refractivity contribution < 1.29 is 4.74 Å². The van der Waals surface area contributed by atoms with E-state index >= 15 is 0 Å². The molecule has 2 heteroatoms. The van der Waals surface area contributed by atoms with Gasteiger partial charge >= 0.3 is 0 Å². The zero-order chi connectivity index (χ0) is 9.73. The third kappa shape index (κ3) is 2.45. The minimum absolute atomic E-state index is 0.350. The highest BCUT2D eigenvalue weighted by atomic mass is 35.5. The fourth-order valence-electron chi connectivity index (χ4n) is 1.31. The van der Waals surface area contributed by atoms with Crippen molar-refractivity contribution in [3.63, 3.8) is 0 Å². The maximum Gasteiger partial charge on any atom is 0.104 e. The van der Waals surface area contributed by atoms with Gasteiger partial charge in [0, 0.05) is 6.61 Å². The van der Waals surface area contributed by atoms with Gasteiger partial charge in [-0.3, -0.25) is 0 Å². The summed E-state index contributed by atoms with van der Waals surface area (Å²) in [5, 5.41) is 0. The molecule has 0 fully saturated rings. The molecule has 0 N–H and O–H groups in total. The fourth-order valence-corrected chi connectivity index (χ4v) is 1.54. The molecule has 1 unspecified atom stereocenters. The van der Waals surface area contributed by atoms with Gasteiger partial charge in [-0.05, 0) is 19.4 Å². The second-order valence-electron chi connectivity index (χ2n) is 3.16. The van der Waals surface area contributed by atoms with Crippen molar-refractivity contribution in [1.29, 1.82) is 0 Å². The summed E-state index contributed by atoms with van der Waals surface area (Å²) < 4.78 is 5.63. The minimum Gasteiger partial charge on any atom is -0.370 e. The lowest BCUT2D eigenvalue weighted by Gasteiger charge is -2.27. The molecular formula is C11H15ClO. The van der Waals surface area contributed by atoms with E-state index in [2.05, 4.69) is 0 Å². The van der Waals surface area contributed by atoms with Crippen molar-refractivity contribution in [2.24, 2.45) is 0 Å². The molecule has 1 aromatic rings. The molecule has 0 saturated carbocycles. The number of hydrogen-bond donors (Lipinski definition) is 0. The predicted octanol–water partition coefficient (Wildman–Crippen LogP) is 3.18. The lowest BCUT2D eigenvalue weighted by Crippen LogP contribution is -2.27. The zero-order valence-corrected chi connectivity index (χ0v) is 8.84. The van der Waals surface area contributed by atoms with Crippen LogP contribution in [0.5, 0.6) is 0 Å². The van der Waals surface area contributed by atoms with E-state index in [1.165, 1.54) is 0 Å². The molecule has 0 aliphatic rings. The SMILES string of the molecule is CCOC(C)(CCl)c1ccccc1. The molecule has 0 aromatic heterocycles. The Morgan fingerprint density at radius 2 is 1.92 bits per heavy atom. The van der Waals surface area contributed by atoms with Gasteiger partial charge in [0.1, 0.15) is 5.60 Å². The zero-order valence-electron chi connectivity index (χ0n) is 8.09. The summed E-state index contributed by atoms with van der Waals surface area (Å²) in [6.07, 6.45) is 0. The van der Waals surface area contributed by atoms with Crippen LogP contribution in [-0.2, 0) is 10.3 Å². The second kappa shape index (κ2) is 4.64. The Morgan fingerprint density at radius 1 is 1.31 bits per heavy atom. The predicted molar refractivity (Wildman–Crippen MR) is 56.1 cm³/mol. The van der Waals surface area contributed by atoms with Gasteiger partial charge in [-0.15, -0.1) is 11.6 Å². The van der Waals surface area contributed by atoms with Crippen LogP contribution in [0.3, 0.4) is 0 Å². The van der Waals surface area contributed by atoms with Crippen LogP contribution in [0.25, 0.3) is 0 Å². The number of halogens is 1. The van der Waals surface area contributed by atoms with E-state index in [0.29, 0.717) is 12.5 Å². The van der Waals surface area contributed by atoms with Crippen molar-refractivity contribution in [2.75, 3.05) is 12.5 Å². The van der Waals surface area contributed by atoms with E-state index in [4.69, 9.17) is 16.3 Å². The Kier molecular flexibility index (Phi) is 3.76. The third-order valence-electron chi connectivity index (χ3n) is 2.10. The first-order valence-electron chi connectivity index (χ1n) is 4.48. The average Bonchev–Trinajstić information content (AvgIpc) is 2.19. The van der Waals surface area contributed by atoms with Gasteiger partial charge in [0.2, 0.25) is 0 Å². The quantitative estimate of drug-likeness (QED) is 0.676. The van der Waals surface area contributed by atoms with Crippen LogP contribution in [0.4, 0.5) is 0 Å². The maximum absolute atomic E-state index is 5.90. The first-order chi connectivity index (χ1) is 6.23. The van der Waals surface area contributed by atoms with Crippen molar-refractivity contribution in [3.8, 4) is 0 Å². The first-order valence-corrected chi connectivity index (χ1v) is 5.02. The highest BCUT2D eigenvalue weighted by molar-refractivity contribution is 6.18. The average molecular weight is 199 g/mol. The lowest BCUT2D eigenvalue weighted by atomic mass is 9.98. The van der Waals surface area contributed by atoms with E-state index in [1.54, 1.807) is 0 Å². The fraction of sp³-hybridized carbons (Fsp3) is 0.455. The Morgan fingerprint density at radius 3 is 2.38 bits per heavy atom. The van der Waals surface area contributed by atoms with Crippen molar-refractivity contribution >= 4 is 11.6 Å². The number of rotatable bonds is 4. The highest BCUT2D eigenvalue weighted by Gasteiger charge is 2.25. The van der Waals surface area contributed by atoms with Gasteiger partial charge in [-0.25, -0.2) is 0 Å². The maximum atomic E-state index is 5.90.